The molecule has 0 radical (unpaired) electrons. The van der Waals surface area contributed by atoms with Crippen molar-refractivity contribution in [1.82, 2.24) is 5.32 Å². The van der Waals surface area contributed by atoms with Gasteiger partial charge in [0.2, 0.25) is 0 Å². The second-order valence-electron chi connectivity index (χ2n) is 4.78. The van der Waals surface area contributed by atoms with Crippen molar-refractivity contribution in [3.63, 3.8) is 0 Å². The highest BCUT2D eigenvalue weighted by Crippen LogP contribution is 2.28. The topological polar surface area (TPSA) is 58.6 Å². The molecule has 0 aromatic heterocycles. The van der Waals surface area contributed by atoms with Gasteiger partial charge in [0.25, 0.3) is 0 Å². The Balaban J connectivity index is 2.16. The average molecular weight is 215 g/mol. The molecule has 1 amide bonds. The van der Waals surface area contributed by atoms with E-state index in [-0.39, 0.29) is 0 Å². The summed E-state index contributed by atoms with van der Waals surface area (Å²) in [5.41, 5.74) is -0.698. The molecule has 1 saturated carbocycles. The minimum Gasteiger partial charge on any atom is -0.449 e. The molecule has 4 nitrogen and oxygen atoms in total. The van der Waals surface area contributed by atoms with Gasteiger partial charge in [-0.05, 0) is 18.8 Å². The van der Waals surface area contributed by atoms with Crippen molar-refractivity contribution < 1.29 is 14.6 Å². The minimum absolute atomic E-state index is 0.309. The first-order valence-corrected chi connectivity index (χ1v) is 5.65. The summed E-state index contributed by atoms with van der Waals surface area (Å²) in [5, 5.41) is 12.6. The molecule has 88 valence electrons. The summed E-state index contributed by atoms with van der Waals surface area (Å²) in [6.07, 6.45) is 3.21. The molecule has 0 aliphatic heterocycles. The molecule has 4 heteroatoms. The standard InChI is InChI=1S/C11H21NO3/c1-9(2)7-15-10(13)12-8-11(14)5-3-4-6-11/h9,14H,3-8H2,1-2H3,(H,12,13). The monoisotopic (exact) mass is 215 g/mol. The summed E-state index contributed by atoms with van der Waals surface area (Å²) in [7, 11) is 0. The van der Waals surface area contributed by atoms with Crippen molar-refractivity contribution in [2.24, 2.45) is 5.92 Å². The first-order chi connectivity index (χ1) is 7.02. The third-order valence-electron chi connectivity index (χ3n) is 2.64. The van der Waals surface area contributed by atoms with Crippen molar-refractivity contribution in [2.45, 2.75) is 45.1 Å². The SMILES string of the molecule is CC(C)COC(=O)NCC1(O)CCCC1. The fourth-order valence-corrected chi connectivity index (χ4v) is 1.74. The van der Waals surface area contributed by atoms with Gasteiger partial charge in [0, 0.05) is 6.54 Å². The molecule has 1 rings (SSSR count). The lowest BCUT2D eigenvalue weighted by Gasteiger charge is -2.22. The summed E-state index contributed by atoms with van der Waals surface area (Å²) in [5.74, 6) is 0.338. The number of nitrogens with one attached hydrogen (secondary N) is 1. The lowest BCUT2D eigenvalue weighted by Crippen LogP contribution is -2.41. The molecular weight excluding hydrogens is 194 g/mol. The van der Waals surface area contributed by atoms with Gasteiger partial charge in [-0.25, -0.2) is 4.79 Å². The highest BCUT2D eigenvalue weighted by atomic mass is 16.5. The van der Waals surface area contributed by atoms with E-state index in [0.29, 0.717) is 19.1 Å². The van der Waals surface area contributed by atoms with Crippen LogP contribution in [0, 0.1) is 5.92 Å². The minimum atomic E-state index is -0.698. The molecule has 1 aliphatic carbocycles. The lowest BCUT2D eigenvalue weighted by molar-refractivity contribution is 0.0444. The fourth-order valence-electron chi connectivity index (χ4n) is 1.74. The van der Waals surface area contributed by atoms with Crippen molar-refractivity contribution in [3.8, 4) is 0 Å². The van der Waals surface area contributed by atoms with Gasteiger partial charge in [-0.1, -0.05) is 26.7 Å². The third kappa shape index (κ3) is 4.51. The first-order valence-electron chi connectivity index (χ1n) is 5.65. The summed E-state index contributed by atoms with van der Waals surface area (Å²) in [6, 6.07) is 0. The van der Waals surface area contributed by atoms with E-state index in [1.807, 2.05) is 13.8 Å². The van der Waals surface area contributed by atoms with Gasteiger partial charge in [0.15, 0.2) is 0 Å². The molecular formula is C11H21NO3. The summed E-state index contributed by atoms with van der Waals surface area (Å²) in [6.45, 7) is 4.70. The van der Waals surface area contributed by atoms with Gasteiger partial charge in [0.05, 0.1) is 12.2 Å². The molecule has 15 heavy (non-hydrogen) atoms. The Kier molecular flexibility index (Phi) is 4.39. The predicted octanol–water partition coefficient (Wildman–Crippen LogP) is 1.67. The zero-order valence-electron chi connectivity index (χ0n) is 9.58. The van der Waals surface area contributed by atoms with Crippen LogP contribution in [0.4, 0.5) is 4.79 Å². The maximum absolute atomic E-state index is 11.2. The van der Waals surface area contributed by atoms with Gasteiger partial charge in [-0.3, -0.25) is 0 Å². The van der Waals surface area contributed by atoms with Crippen LogP contribution in [0.5, 0.6) is 0 Å². The van der Waals surface area contributed by atoms with E-state index in [0.717, 1.165) is 25.7 Å². The number of hydrogen-bond acceptors (Lipinski definition) is 3. The van der Waals surface area contributed by atoms with Crippen molar-refractivity contribution in [2.75, 3.05) is 13.2 Å². The Hall–Kier alpha value is -0.770. The molecule has 0 aromatic rings. The smallest absolute Gasteiger partial charge is 0.407 e. The molecule has 0 spiro atoms. The first kappa shape index (κ1) is 12.3. The Bertz CT molecular complexity index is 210. The molecule has 2 N–H and O–H groups in total. The lowest BCUT2D eigenvalue weighted by atomic mass is 10.0. The second-order valence-corrected chi connectivity index (χ2v) is 4.78. The largest absolute Gasteiger partial charge is 0.449 e. The van der Waals surface area contributed by atoms with Crippen LogP contribution < -0.4 is 5.32 Å². The Morgan fingerprint density at radius 3 is 2.60 bits per heavy atom. The van der Waals surface area contributed by atoms with Crippen LogP contribution in [0.1, 0.15) is 39.5 Å². The van der Waals surface area contributed by atoms with Crippen LogP contribution in [0.3, 0.4) is 0 Å². The zero-order chi connectivity index (χ0) is 11.3. The number of carbonyl (C=O) groups excluding carboxylic acids is 1. The highest BCUT2D eigenvalue weighted by molar-refractivity contribution is 5.67. The summed E-state index contributed by atoms with van der Waals surface area (Å²) in [4.78, 5) is 11.2. The van der Waals surface area contributed by atoms with E-state index in [2.05, 4.69) is 5.32 Å². The Morgan fingerprint density at radius 1 is 1.47 bits per heavy atom. The predicted molar refractivity (Wildman–Crippen MR) is 57.6 cm³/mol. The molecule has 0 unspecified atom stereocenters. The van der Waals surface area contributed by atoms with E-state index >= 15 is 0 Å². The van der Waals surface area contributed by atoms with E-state index in [4.69, 9.17) is 4.74 Å². The number of rotatable bonds is 4. The fraction of sp³-hybridized carbons (Fsp3) is 0.909. The van der Waals surface area contributed by atoms with Crippen LogP contribution in [0.2, 0.25) is 0 Å². The molecule has 0 atom stereocenters. The van der Waals surface area contributed by atoms with Crippen LogP contribution in [-0.4, -0.2) is 30.0 Å². The van der Waals surface area contributed by atoms with Crippen molar-refractivity contribution in [1.29, 1.82) is 0 Å². The van der Waals surface area contributed by atoms with Gasteiger partial charge >= 0.3 is 6.09 Å². The third-order valence-corrected chi connectivity index (χ3v) is 2.64. The zero-order valence-corrected chi connectivity index (χ0v) is 9.58. The highest BCUT2D eigenvalue weighted by Gasteiger charge is 2.31. The number of alkyl carbamates (subject to hydrolysis) is 1. The number of ether oxygens (including phenoxy) is 1. The van der Waals surface area contributed by atoms with E-state index in [1.165, 1.54) is 0 Å². The average Bonchev–Trinajstić information content (AvgIpc) is 2.60. The summed E-state index contributed by atoms with van der Waals surface area (Å²) >= 11 is 0. The quantitative estimate of drug-likeness (QED) is 0.750. The van der Waals surface area contributed by atoms with Gasteiger partial charge < -0.3 is 15.2 Å². The number of amides is 1. The van der Waals surface area contributed by atoms with Crippen molar-refractivity contribution >= 4 is 6.09 Å². The van der Waals surface area contributed by atoms with E-state index < -0.39 is 11.7 Å². The Labute approximate surface area is 91.0 Å². The Morgan fingerprint density at radius 2 is 2.07 bits per heavy atom. The summed E-state index contributed by atoms with van der Waals surface area (Å²) < 4.78 is 4.95. The van der Waals surface area contributed by atoms with Crippen LogP contribution >= 0.6 is 0 Å². The maximum Gasteiger partial charge on any atom is 0.407 e. The molecule has 1 aliphatic rings. The van der Waals surface area contributed by atoms with Crippen LogP contribution in [-0.2, 0) is 4.74 Å². The molecule has 0 bridgehead atoms. The second kappa shape index (κ2) is 5.35. The van der Waals surface area contributed by atoms with E-state index in [1.54, 1.807) is 0 Å². The molecule has 0 saturated heterocycles. The van der Waals surface area contributed by atoms with Crippen LogP contribution in [0.25, 0.3) is 0 Å². The normalized spacial score (nSPS) is 19.2. The van der Waals surface area contributed by atoms with E-state index in [9.17, 15) is 9.90 Å². The van der Waals surface area contributed by atoms with Crippen LogP contribution in [0.15, 0.2) is 0 Å². The number of hydrogen-bond donors (Lipinski definition) is 2. The number of carbonyl (C=O) groups is 1. The van der Waals surface area contributed by atoms with Gasteiger partial charge in [0.1, 0.15) is 0 Å². The van der Waals surface area contributed by atoms with Gasteiger partial charge in [-0.15, -0.1) is 0 Å². The molecule has 0 aromatic carbocycles. The number of aliphatic hydroxyl groups is 1. The van der Waals surface area contributed by atoms with Crippen molar-refractivity contribution in [3.05, 3.63) is 0 Å². The van der Waals surface area contributed by atoms with Gasteiger partial charge in [-0.2, -0.15) is 0 Å². The molecule has 0 heterocycles. The maximum atomic E-state index is 11.2. The molecule has 1 fully saturated rings.